The Morgan fingerprint density at radius 3 is 2.70 bits per heavy atom. The highest BCUT2D eigenvalue weighted by Crippen LogP contribution is 2.22. The van der Waals surface area contributed by atoms with E-state index < -0.39 is 5.82 Å². The summed E-state index contributed by atoms with van der Waals surface area (Å²) in [5.74, 6) is 0.150. The molecule has 8 heteroatoms. The summed E-state index contributed by atoms with van der Waals surface area (Å²) in [6, 6.07) is 13.6. The fraction of sp³-hybridized carbons (Fsp3) is 0.136. The summed E-state index contributed by atoms with van der Waals surface area (Å²) >= 11 is 0. The summed E-state index contributed by atoms with van der Waals surface area (Å²) in [4.78, 5) is 17.2. The molecule has 7 nitrogen and oxygen atoms in total. The van der Waals surface area contributed by atoms with E-state index in [1.807, 2.05) is 25.1 Å². The molecule has 1 N–H and O–H groups in total. The van der Waals surface area contributed by atoms with Gasteiger partial charge in [0.15, 0.2) is 5.82 Å². The summed E-state index contributed by atoms with van der Waals surface area (Å²) in [5.41, 5.74) is 1.33. The van der Waals surface area contributed by atoms with Crippen LogP contribution in [0.25, 0.3) is 11.5 Å². The summed E-state index contributed by atoms with van der Waals surface area (Å²) in [6.45, 7) is 2.58. The highest BCUT2D eigenvalue weighted by molar-refractivity contribution is 5.97. The van der Waals surface area contributed by atoms with E-state index in [9.17, 15) is 9.18 Å². The number of hydrogen-bond acceptors (Lipinski definition) is 4. The fourth-order valence-corrected chi connectivity index (χ4v) is 3.12. The zero-order valence-corrected chi connectivity index (χ0v) is 16.3. The maximum absolute atomic E-state index is 14.4. The summed E-state index contributed by atoms with van der Waals surface area (Å²) < 4.78 is 23.1. The molecule has 0 unspecified atom stereocenters. The van der Waals surface area contributed by atoms with Crippen LogP contribution in [-0.4, -0.2) is 31.8 Å². The summed E-state index contributed by atoms with van der Waals surface area (Å²) in [5, 5.41) is 7.16. The predicted octanol–water partition coefficient (Wildman–Crippen LogP) is 3.53. The molecule has 1 aromatic carbocycles. The molecule has 0 aliphatic heterocycles. The smallest absolute Gasteiger partial charge is 0.256 e. The van der Waals surface area contributed by atoms with Crippen molar-refractivity contribution in [1.29, 1.82) is 0 Å². The van der Waals surface area contributed by atoms with Crippen molar-refractivity contribution in [2.75, 3.05) is 6.61 Å². The van der Waals surface area contributed by atoms with Gasteiger partial charge >= 0.3 is 0 Å². The third-order valence-corrected chi connectivity index (χ3v) is 4.49. The minimum atomic E-state index is -0.433. The quantitative estimate of drug-likeness (QED) is 0.511. The van der Waals surface area contributed by atoms with E-state index in [1.54, 1.807) is 47.4 Å². The number of halogens is 1. The first kappa shape index (κ1) is 19.4. The number of pyridine rings is 1. The molecule has 3 heterocycles. The fourth-order valence-electron chi connectivity index (χ4n) is 3.12. The number of nitrogens with one attached hydrogen (secondary N) is 1. The number of carbonyl (C=O) groups excluding carboxylic acids is 1. The first-order chi connectivity index (χ1) is 14.7. The van der Waals surface area contributed by atoms with Gasteiger partial charge < -0.3 is 14.6 Å². The predicted molar refractivity (Wildman–Crippen MR) is 109 cm³/mol. The standard InChI is InChI=1S/C22H20FN5O2/c1-2-30-21-16(8-7-11-24-21)14-25-20(29)17-15-26-28(19-10-4-3-9-18(19)23)22(17)27-12-5-6-13-27/h3-13,15H,2,14H2,1H3,(H,25,29). The number of nitrogens with zero attached hydrogens (tertiary/aromatic N) is 4. The second-order valence-corrected chi connectivity index (χ2v) is 6.42. The van der Waals surface area contributed by atoms with Gasteiger partial charge in [-0.05, 0) is 37.3 Å². The third-order valence-electron chi connectivity index (χ3n) is 4.49. The molecule has 1 amide bonds. The van der Waals surface area contributed by atoms with Gasteiger partial charge in [0.1, 0.15) is 17.1 Å². The lowest BCUT2D eigenvalue weighted by molar-refractivity contribution is 0.0950. The first-order valence-electron chi connectivity index (χ1n) is 9.50. The van der Waals surface area contributed by atoms with Crippen molar-refractivity contribution in [3.05, 3.63) is 90.3 Å². The van der Waals surface area contributed by atoms with Crippen molar-refractivity contribution < 1.29 is 13.9 Å². The number of hydrogen-bond donors (Lipinski definition) is 1. The Kier molecular flexibility index (Phi) is 5.56. The Balaban J connectivity index is 1.66. The molecule has 0 spiro atoms. The van der Waals surface area contributed by atoms with Crippen molar-refractivity contribution >= 4 is 5.91 Å². The number of aromatic nitrogens is 4. The van der Waals surface area contributed by atoms with Gasteiger partial charge in [-0.3, -0.25) is 4.79 Å². The van der Waals surface area contributed by atoms with Gasteiger partial charge in [0.2, 0.25) is 5.88 Å². The number of benzene rings is 1. The minimum absolute atomic E-state index is 0.234. The number of para-hydroxylation sites is 1. The molecule has 0 bridgehead atoms. The molecular formula is C22H20FN5O2. The van der Waals surface area contributed by atoms with Crippen LogP contribution in [-0.2, 0) is 6.54 Å². The Hall–Kier alpha value is -3.94. The number of rotatable bonds is 7. The van der Waals surface area contributed by atoms with E-state index in [2.05, 4.69) is 15.4 Å². The largest absolute Gasteiger partial charge is 0.478 e. The molecule has 0 aliphatic carbocycles. The molecule has 4 rings (SSSR count). The van der Waals surface area contributed by atoms with Gasteiger partial charge in [-0.15, -0.1) is 0 Å². The Morgan fingerprint density at radius 2 is 1.93 bits per heavy atom. The van der Waals surface area contributed by atoms with Crippen LogP contribution in [0.3, 0.4) is 0 Å². The molecular weight excluding hydrogens is 385 g/mol. The summed E-state index contributed by atoms with van der Waals surface area (Å²) in [6.07, 6.45) is 6.63. The molecule has 0 atom stereocenters. The highest BCUT2D eigenvalue weighted by Gasteiger charge is 2.21. The zero-order valence-electron chi connectivity index (χ0n) is 16.3. The van der Waals surface area contributed by atoms with Gasteiger partial charge in [-0.25, -0.2) is 14.1 Å². The number of carbonyl (C=O) groups is 1. The minimum Gasteiger partial charge on any atom is -0.478 e. The maximum atomic E-state index is 14.4. The van der Waals surface area contributed by atoms with Gasteiger partial charge in [0.05, 0.1) is 12.8 Å². The topological polar surface area (TPSA) is 74.0 Å². The van der Waals surface area contributed by atoms with Crippen molar-refractivity contribution in [2.24, 2.45) is 0 Å². The van der Waals surface area contributed by atoms with Crippen molar-refractivity contribution in [3.8, 4) is 17.4 Å². The highest BCUT2D eigenvalue weighted by atomic mass is 19.1. The monoisotopic (exact) mass is 405 g/mol. The third kappa shape index (κ3) is 3.80. The average Bonchev–Trinajstić information content (AvgIpc) is 3.43. The van der Waals surface area contributed by atoms with Gasteiger partial charge in [0.25, 0.3) is 5.91 Å². The van der Waals surface area contributed by atoms with Crippen LogP contribution in [0.4, 0.5) is 4.39 Å². The Morgan fingerprint density at radius 1 is 1.13 bits per heavy atom. The molecule has 4 aromatic rings. The van der Waals surface area contributed by atoms with Crippen molar-refractivity contribution in [2.45, 2.75) is 13.5 Å². The second-order valence-electron chi connectivity index (χ2n) is 6.42. The first-order valence-corrected chi connectivity index (χ1v) is 9.50. The van der Waals surface area contributed by atoms with Gasteiger partial charge in [0, 0.05) is 30.7 Å². The SMILES string of the molecule is CCOc1ncccc1CNC(=O)c1cnn(-c2ccccc2F)c1-n1cccc1. The molecule has 0 saturated carbocycles. The lowest BCUT2D eigenvalue weighted by atomic mass is 10.2. The van der Waals surface area contributed by atoms with E-state index in [-0.39, 0.29) is 18.1 Å². The molecule has 30 heavy (non-hydrogen) atoms. The second kappa shape index (κ2) is 8.60. The lowest BCUT2D eigenvalue weighted by Gasteiger charge is -2.12. The molecule has 0 radical (unpaired) electrons. The van der Waals surface area contributed by atoms with E-state index in [0.29, 0.717) is 23.9 Å². The Bertz CT molecular complexity index is 1150. The molecule has 3 aromatic heterocycles. The van der Waals surface area contributed by atoms with E-state index in [4.69, 9.17) is 4.74 Å². The van der Waals surface area contributed by atoms with E-state index in [0.717, 1.165) is 5.56 Å². The van der Waals surface area contributed by atoms with E-state index >= 15 is 0 Å². The normalized spacial score (nSPS) is 10.7. The van der Waals surface area contributed by atoms with Crippen LogP contribution in [0.15, 0.2) is 73.3 Å². The molecule has 0 aliphatic rings. The maximum Gasteiger partial charge on any atom is 0.256 e. The van der Waals surface area contributed by atoms with Crippen molar-refractivity contribution in [1.82, 2.24) is 24.6 Å². The number of amides is 1. The lowest BCUT2D eigenvalue weighted by Crippen LogP contribution is -2.24. The van der Waals surface area contributed by atoms with Gasteiger partial charge in [-0.2, -0.15) is 5.10 Å². The van der Waals surface area contributed by atoms with Crippen LogP contribution < -0.4 is 10.1 Å². The van der Waals surface area contributed by atoms with Crippen LogP contribution in [0.1, 0.15) is 22.8 Å². The molecule has 0 saturated heterocycles. The zero-order chi connectivity index (χ0) is 20.9. The Labute approximate surface area is 172 Å². The van der Waals surface area contributed by atoms with Crippen molar-refractivity contribution in [3.63, 3.8) is 0 Å². The van der Waals surface area contributed by atoms with E-state index in [1.165, 1.54) is 16.9 Å². The van der Waals surface area contributed by atoms with Gasteiger partial charge in [-0.1, -0.05) is 18.2 Å². The average molecular weight is 405 g/mol. The van der Waals surface area contributed by atoms with Crippen LogP contribution in [0, 0.1) is 5.82 Å². The number of ether oxygens (including phenoxy) is 1. The molecule has 0 fully saturated rings. The molecule has 152 valence electrons. The van der Waals surface area contributed by atoms with Crippen LogP contribution in [0.2, 0.25) is 0 Å². The summed E-state index contributed by atoms with van der Waals surface area (Å²) in [7, 11) is 0. The van der Waals surface area contributed by atoms with Crippen LogP contribution >= 0.6 is 0 Å². The van der Waals surface area contributed by atoms with Crippen LogP contribution in [0.5, 0.6) is 5.88 Å².